The normalized spacial score (nSPS) is 11.1. The number of hydrazone groups is 1. The van der Waals surface area contributed by atoms with Crippen LogP contribution in [0.15, 0.2) is 53.6 Å². The lowest BCUT2D eigenvalue weighted by Crippen LogP contribution is -2.19. The number of benzene rings is 2. The van der Waals surface area contributed by atoms with Gasteiger partial charge in [-0.1, -0.05) is 53.5 Å². The number of nitrogens with zero attached hydrogens (tertiary/aromatic N) is 3. The predicted octanol–water partition coefficient (Wildman–Crippen LogP) is 4.45. The van der Waals surface area contributed by atoms with E-state index in [1.54, 1.807) is 23.7 Å². The fraction of sp³-hybridized carbons (Fsp3) is 0.105. The monoisotopic (exact) mass is 404 g/mol. The van der Waals surface area contributed by atoms with Crippen LogP contribution >= 0.6 is 23.2 Å². The minimum atomic E-state index is -0.651. The third-order valence-corrected chi connectivity index (χ3v) is 4.63. The second kappa shape index (κ2) is 8.33. The summed E-state index contributed by atoms with van der Waals surface area (Å²) in [7, 11) is 0. The van der Waals surface area contributed by atoms with Gasteiger partial charge in [0.2, 0.25) is 0 Å². The Labute approximate surface area is 165 Å². The van der Waals surface area contributed by atoms with E-state index in [-0.39, 0.29) is 5.56 Å². The van der Waals surface area contributed by atoms with Crippen LogP contribution in [0.2, 0.25) is 10.2 Å². The molecule has 1 heterocycles. The van der Waals surface area contributed by atoms with Gasteiger partial charge in [-0.15, -0.1) is 0 Å². The van der Waals surface area contributed by atoms with E-state index in [2.05, 4.69) is 15.6 Å². The molecule has 3 aromatic rings. The van der Waals surface area contributed by atoms with E-state index in [0.717, 1.165) is 5.56 Å². The molecule has 5 nitrogen and oxygen atoms in total. The van der Waals surface area contributed by atoms with Crippen molar-refractivity contribution in [3.63, 3.8) is 0 Å². The summed E-state index contributed by atoms with van der Waals surface area (Å²) in [5.41, 5.74) is 4.26. The lowest BCUT2D eigenvalue weighted by atomic mass is 10.2. The summed E-state index contributed by atoms with van der Waals surface area (Å²) in [5.74, 6) is -1.27. The van der Waals surface area contributed by atoms with Gasteiger partial charge < -0.3 is 0 Å². The van der Waals surface area contributed by atoms with Gasteiger partial charge in [-0.2, -0.15) is 10.2 Å². The molecule has 0 saturated heterocycles. The SMILES string of the molecule is Cc1nn(Cc2ccccc2Cl)c(Cl)c1/C=N\NC(=O)c1ccccc1F. The van der Waals surface area contributed by atoms with Crippen LogP contribution in [0.4, 0.5) is 4.39 Å². The maximum Gasteiger partial charge on any atom is 0.274 e. The Morgan fingerprint density at radius 2 is 1.93 bits per heavy atom. The number of aromatic nitrogens is 2. The van der Waals surface area contributed by atoms with Crippen LogP contribution in [0.25, 0.3) is 0 Å². The van der Waals surface area contributed by atoms with E-state index in [1.165, 1.54) is 24.4 Å². The predicted molar refractivity (Wildman–Crippen MR) is 104 cm³/mol. The summed E-state index contributed by atoms with van der Waals surface area (Å²) in [6, 6.07) is 13.1. The van der Waals surface area contributed by atoms with Crippen LogP contribution < -0.4 is 5.43 Å². The fourth-order valence-corrected chi connectivity index (χ4v) is 2.95. The third kappa shape index (κ3) is 4.35. The molecule has 0 fully saturated rings. The van der Waals surface area contributed by atoms with Crippen molar-refractivity contribution in [1.29, 1.82) is 0 Å². The molecular formula is C19H15Cl2FN4O. The van der Waals surface area contributed by atoms with Crippen molar-refractivity contribution in [3.8, 4) is 0 Å². The van der Waals surface area contributed by atoms with E-state index in [9.17, 15) is 9.18 Å². The molecular weight excluding hydrogens is 390 g/mol. The maximum absolute atomic E-state index is 13.6. The average Bonchev–Trinajstić information content (AvgIpc) is 2.91. The van der Waals surface area contributed by atoms with Gasteiger partial charge in [0.1, 0.15) is 11.0 Å². The maximum atomic E-state index is 13.6. The molecule has 0 saturated carbocycles. The van der Waals surface area contributed by atoms with E-state index in [4.69, 9.17) is 23.2 Å². The summed E-state index contributed by atoms with van der Waals surface area (Å²) < 4.78 is 15.2. The number of hydrogen-bond donors (Lipinski definition) is 1. The Hall–Kier alpha value is -2.70. The molecule has 0 aliphatic carbocycles. The van der Waals surface area contributed by atoms with Crippen molar-refractivity contribution in [1.82, 2.24) is 15.2 Å². The number of carbonyl (C=O) groups is 1. The summed E-state index contributed by atoms with van der Waals surface area (Å²) >= 11 is 12.6. The zero-order valence-electron chi connectivity index (χ0n) is 14.3. The van der Waals surface area contributed by atoms with Gasteiger partial charge in [0.25, 0.3) is 5.91 Å². The topological polar surface area (TPSA) is 59.3 Å². The number of halogens is 3. The first kappa shape index (κ1) is 19.1. The highest BCUT2D eigenvalue weighted by atomic mass is 35.5. The van der Waals surface area contributed by atoms with Gasteiger partial charge in [0.05, 0.1) is 29.6 Å². The first-order chi connectivity index (χ1) is 13.0. The van der Waals surface area contributed by atoms with Gasteiger partial charge >= 0.3 is 0 Å². The van der Waals surface area contributed by atoms with E-state index in [1.807, 2.05) is 18.2 Å². The molecule has 0 radical (unpaired) electrons. The number of carbonyl (C=O) groups excluding carboxylic acids is 1. The van der Waals surface area contributed by atoms with Gasteiger partial charge in [0.15, 0.2) is 0 Å². The second-order valence-electron chi connectivity index (χ2n) is 5.72. The van der Waals surface area contributed by atoms with E-state index in [0.29, 0.717) is 28.0 Å². The zero-order valence-corrected chi connectivity index (χ0v) is 15.8. The molecule has 3 rings (SSSR count). The second-order valence-corrected chi connectivity index (χ2v) is 6.48. The zero-order chi connectivity index (χ0) is 19.4. The molecule has 1 amide bonds. The van der Waals surface area contributed by atoms with Crippen molar-refractivity contribution >= 4 is 35.3 Å². The molecule has 1 N–H and O–H groups in total. The minimum Gasteiger partial charge on any atom is -0.267 e. The number of amides is 1. The molecule has 27 heavy (non-hydrogen) atoms. The third-order valence-electron chi connectivity index (χ3n) is 3.87. The van der Waals surface area contributed by atoms with E-state index < -0.39 is 11.7 Å². The Morgan fingerprint density at radius 1 is 1.22 bits per heavy atom. The largest absolute Gasteiger partial charge is 0.274 e. The molecule has 0 bridgehead atoms. The molecule has 1 aromatic heterocycles. The van der Waals surface area contributed by atoms with Crippen LogP contribution in [0.1, 0.15) is 27.2 Å². The first-order valence-corrected chi connectivity index (χ1v) is 8.77. The molecule has 0 aliphatic heterocycles. The highest BCUT2D eigenvalue weighted by molar-refractivity contribution is 6.32. The quantitative estimate of drug-likeness (QED) is 0.504. The number of aryl methyl sites for hydroxylation is 1. The smallest absolute Gasteiger partial charge is 0.267 e. The van der Waals surface area contributed by atoms with Crippen molar-refractivity contribution in [2.45, 2.75) is 13.5 Å². The average molecular weight is 405 g/mol. The summed E-state index contributed by atoms with van der Waals surface area (Å²) in [5, 5.41) is 9.22. The van der Waals surface area contributed by atoms with E-state index >= 15 is 0 Å². The van der Waals surface area contributed by atoms with Crippen molar-refractivity contribution in [3.05, 3.63) is 86.9 Å². The number of hydrogen-bond acceptors (Lipinski definition) is 3. The number of rotatable bonds is 5. The Bertz CT molecular complexity index is 1020. The highest BCUT2D eigenvalue weighted by Gasteiger charge is 2.14. The minimum absolute atomic E-state index is 0.0908. The van der Waals surface area contributed by atoms with Crippen LogP contribution in [-0.2, 0) is 6.54 Å². The molecule has 0 unspecified atom stereocenters. The Morgan fingerprint density at radius 3 is 2.67 bits per heavy atom. The van der Waals surface area contributed by atoms with Crippen LogP contribution in [-0.4, -0.2) is 21.9 Å². The van der Waals surface area contributed by atoms with Crippen LogP contribution in [0, 0.1) is 12.7 Å². The molecule has 138 valence electrons. The standard InChI is InChI=1S/C19H15Cl2FN4O/c1-12-15(10-23-24-19(27)14-7-3-5-9-17(14)22)18(21)26(25-12)11-13-6-2-4-8-16(13)20/h2-10H,11H2,1H3,(H,24,27)/b23-10-. The van der Waals surface area contributed by atoms with Crippen LogP contribution in [0.3, 0.4) is 0 Å². The summed E-state index contributed by atoms with van der Waals surface area (Å²) in [6.07, 6.45) is 1.38. The lowest BCUT2D eigenvalue weighted by molar-refractivity contribution is 0.0951. The Kier molecular flexibility index (Phi) is 5.88. The van der Waals surface area contributed by atoms with Crippen molar-refractivity contribution < 1.29 is 9.18 Å². The lowest BCUT2D eigenvalue weighted by Gasteiger charge is -2.05. The molecule has 8 heteroatoms. The number of nitrogens with one attached hydrogen (secondary N) is 1. The Balaban J connectivity index is 1.75. The van der Waals surface area contributed by atoms with Gasteiger partial charge in [-0.3, -0.25) is 4.79 Å². The van der Waals surface area contributed by atoms with Crippen LogP contribution in [0.5, 0.6) is 0 Å². The van der Waals surface area contributed by atoms with Gasteiger partial charge in [-0.25, -0.2) is 14.5 Å². The summed E-state index contributed by atoms with van der Waals surface area (Å²) in [6.45, 7) is 2.17. The van der Waals surface area contributed by atoms with Crippen molar-refractivity contribution in [2.24, 2.45) is 5.10 Å². The van der Waals surface area contributed by atoms with Crippen molar-refractivity contribution in [2.75, 3.05) is 0 Å². The highest BCUT2D eigenvalue weighted by Crippen LogP contribution is 2.22. The van der Waals surface area contributed by atoms with Gasteiger partial charge in [-0.05, 0) is 30.7 Å². The fourth-order valence-electron chi connectivity index (χ4n) is 2.47. The van der Waals surface area contributed by atoms with Gasteiger partial charge in [0, 0.05) is 5.02 Å². The summed E-state index contributed by atoms with van der Waals surface area (Å²) in [4.78, 5) is 12.0. The molecule has 0 spiro atoms. The first-order valence-electron chi connectivity index (χ1n) is 8.01. The molecule has 2 aromatic carbocycles. The molecule has 0 atom stereocenters. The molecule has 0 aliphatic rings.